The van der Waals surface area contributed by atoms with Gasteiger partial charge in [-0.05, 0) is 25.0 Å². The fourth-order valence-electron chi connectivity index (χ4n) is 2.84. The summed E-state index contributed by atoms with van der Waals surface area (Å²) < 4.78 is 0. The van der Waals surface area contributed by atoms with Gasteiger partial charge in [-0.3, -0.25) is 4.79 Å². The van der Waals surface area contributed by atoms with Crippen LogP contribution in [-0.2, 0) is 4.79 Å². The second-order valence-corrected chi connectivity index (χ2v) is 5.59. The molecule has 0 atom stereocenters. The van der Waals surface area contributed by atoms with Crippen molar-refractivity contribution in [2.24, 2.45) is 0 Å². The number of rotatable bonds is 5. The summed E-state index contributed by atoms with van der Waals surface area (Å²) in [6.45, 7) is 4.93. The highest BCUT2D eigenvalue weighted by Crippen LogP contribution is 2.24. The number of likely N-dealkylation sites (tertiary alicyclic amines) is 1. The van der Waals surface area contributed by atoms with Gasteiger partial charge >= 0.3 is 0 Å². The lowest BCUT2D eigenvalue weighted by molar-refractivity contribution is -0.119. The Kier molecular flexibility index (Phi) is 5.86. The molecule has 1 aliphatic rings. The summed E-state index contributed by atoms with van der Waals surface area (Å²) in [4.78, 5) is 16.7. The van der Waals surface area contributed by atoms with E-state index in [1.165, 1.54) is 0 Å². The molecule has 0 saturated carbocycles. The van der Waals surface area contributed by atoms with E-state index in [-0.39, 0.29) is 5.91 Å². The van der Waals surface area contributed by atoms with Crippen LogP contribution in [0.1, 0.15) is 26.2 Å². The average Bonchev–Trinajstić information content (AvgIpc) is 2.50. The number of benzene rings is 1. The minimum atomic E-state index is 0.215. The Hall–Kier alpha value is -1.06. The second kappa shape index (κ2) is 7.65. The number of nitrogens with zero attached hydrogens (tertiary/aromatic N) is 2. The summed E-state index contributed by atoms with van der Waals surface area (Å²) in [7, 11) is 0. The lowest BCUT2D eigenvalue weighted by Gasteiger charge is -2.38. The van der Waals surface area contributed by atoms with Crippen LogP contribution in [0.15, 0.2) is 30.3 Å². The molecule has 0 spiro atoms. The highest BCUT2D eigenvalue weighted by Gasteiger charge is 2.27. The second-order valence-electron chi connectivity index (χ2n) is 5.21. The number of hydrogen-bond donors (Lipinski definition) is 0. The van der Waals surface area contributed by atoms with Crippen molar-refractivity contribution in [2.75, 3.05) is 30.4 Å². The quantitative estimate of drug-likeness (QED) is 0.779. The molecule has 0 aromatic heterocycles. The summed E-state index contributed by atoms with van der Waals surface area (Å²) in [5.41, 5.74) is 1.02. The molecule has 1 aromatic carbocycles. The van der Waals surface area contributed by atoms with E-state index in [1.807, 2.05) is 42.2 Å². The number of para-hydroxylation sites is 1. The number of carbonyl (C=O) groups excluding carboxylic acids is 1. The van der Waals surface area contributed by atoms with Crippen LogP contribution in [0.3, 0.4) is 0 Å². The molecule has 0 radical (unpaired) electrons. The Balaban J connectivity index is 2.07. The fraction of sp³-hybridized carbons (Fsp3) is 0.562. The van der Waals surface area contributed by atoms with Crippen LogP contribution in [-0.4, -0.2) is 42.4 Å². The maximum Gasteiger partial charge on any atom is 0.226 e. The number of halogens is 1. The molecule has 1 saturated heterocycles. The van der Waals surface area contributed by atoms with Gasteiger partial charge in [-0.1, -0.05) is 25.1 Å². The van der Waals surface area contributed by atoms with E-state index in [4.69, 9.17) is 11.6 Å². The molecule has 110 valence electrons. The number of alkyl halides is 1. The van der Waals surface area contributed by atoms with Gasteiger partial charge in [0.2, 0.25) is 5.91 Å². The molecule has 1 aromatic rings. The molecule has 4 heteroatoms. The number of carbonyl (C=O) groups is 1. The Morgan fingerprint density at radius 2 is 1.95 bits per heavy atom. The molecule has 0 aliphatic carbocycles. The van der Waals surface area contributed by atoms with Crippen LogP contribution in [0, 0.1) is 0 Å². The number of piperidine rings is 1. The van der Waals surface area contributed by atoms with E-state index in [2.05, 4.69) is 4.90 Å². The molecule has 2 rings (SSSR count). The van der Waals surface area contributed by atoms with Crippen molar-refractivity contribution in [1.82, 2.24) is 4.90 Å². The standard InChI is InChI=1S/C16H23ClN2O/c1-2-16(20)19(14-6-4-3-5-7-14)15-8-11-18(12-9-15)13-10-17/h3-7,15H,2,8-13H2,1H3. The number of amides is 1. The van der Waals surface area contributed by atoms with Crippen LogP contribution < -0.4 is 4.90 Å². The fourth-order valence-corrected chi connectivity index (χ4v) is 3.08. The van der Waals surface area contributed by atoms with Gasteiger partial charge < -0.3 is 9.80 Å². The molecule has 1 amide bonds. The maximum absolute atomic E-state index is 12.3. The number of anilines is 1. The van der Waals surface area contributed by atoms with Crippen molar-refractivity contribution in [3.05, 3.63) is 30.3 Å². The first-order chi connectivity index (χ1) is 9.76. The van der Waals surface area contributed by atoms with Gasteiger partial charge in [0.1, 0.15) is 0 Å². The Bertz CT molecular complexity index is 416. The zero-order valence-electron chi connectivity index (χ0n) is 12.1. The van der Waals surface area contributed by atoms with Gasteiger partial charge in [0.05, 0.1) is 0 Å². The maximum atomic E-state index is 12.3. The number of hydrogen-bond acceptors (Lipinski definition) is 2. The van der Waals surface area contributed by atoms with Crippen LogP contribution in [0.2, 0.25) is 0 Å². The highest BCUT2D eigenvalue weighted by atomic mass is 35.5. The van der Waals surface area contributed by atoms with Gasteiger partial charge in [0.25, 0.3) is 0 Å². The van der Waals surface area contributed by atoms with Crippen LogP contribution in [0.5, 0.6) is 0 Å². The van der Waals surface area contributed by atoms with E-state index in [1.54, 1.807) is 0 Å². The van der Waals surface area contributed by atoms with Crippen molar-refractivity contribution in [3.8, 4) is 0 Å². The molecule has 0 bridgehead atoms. The first-order valence-corrected chi connectivity index (χ1v) is 7.95. The molecule has 20 heavy (non-hydrogen) atoms. The van der Waals surface area contributed by atoms with Crippen molar-refractivity contribution in [2.45, 2.75) is 32.2 Å². The minimum Gasteiger partial charge on any atom is -0.309 e. The van der Waals surface area contributed by atoms with Crippen LogP contribution in [0.4, 0.5) is 5.69 Å². The minimum absolute atomic E-state index is 0.215. The van der Waals surface area contributed by atoms with E-state index in [9.17, 15) is 4.79 Å². The van der Waals surface area contributed by atoms with E-state index >= 15 is 0 Å². The SMILES string of the molecule is CCC(=O)N(c1ccccc1)C1CCN(CCCl)CC1. The van der Waals surface area contributed by atoms with Crippen molar-refractivity contribution < 1.29 is 4.79 Å². The monoisotopic (exact) mass is 294 g/mol. The largest absolute Gasteiger partial charge is 0.309 e. The van der Waals surface area contributed by atoms with E-state index < -0.39 is 0 Å². The van der Waals surface area contributed by atoms with Crippen LogP contribution >= 0.6 is 11.6 Å². The smallest absolute Gasteiger partial charge is 0.226 e. The van der Waals surface area contributed by atoms with Crippen molar-refractivity contribution in [3.63, 3.8) is 0 Å². The Labute approximate surface area is 126 Å². The average molecular weight is 295 g/mol. The molecular weight excluding hydrogens is 272 g/mol. The highest BCUT2D eigenvalue weighted by molar-refractivity contribution is 6.18. The van der Waals surface area contributed by atoms with Gasteiger partial charge in [-0.2, -0.15) is 0 Å². The Morgan fingerprint density at radius 3 is 2.50 bits per heavy atom. The van der Waals surface area contributed by atoms with Gasteiger partial charge in [-0.15, -0.1) is 11.6 Å². The molecule has 0 unspecified atom stereocenters. The molecular formula is C16H23ClN2O. The summed E-state index contributed by atoms with van der Waals surface area (Å²) >= 11 is 5.80. The molecule has 1 aliphatic heterocycles. The lowest BCUT2D eigenvalue weighted by atomic mass is 10.0. The first kappa shape index (κ1) is 15.3. The van der Waals surface area contributed by atoms with Gasteiger partial charge in [-0.25, -0.2) is 0 Å². The topological polar surface area (TPSA) is 23.6 Å². The molecule has 1 fully saturated rings. The third kappa shape index (κ3) is 3.74. The molecule has 1 heterocycles. The lowest BCUT2D eigenvalue weighted by Crippen LogP contribution is -2.47. The van der Waals surface area contributed by atoms with Gasteiger partial charge in [0.15, 0.2) is 0 Å². The third-order valence-corrected chi connectivity index (χ3v) is 4.10. The molecule has 3 nitrogen and oxygen atoms in total. The van der Waals surface area contributed by atoms with E-state index in [0.717, 1.165) is 38.2 Å². The van der Waals surface area contributed by atoms with Crippen molar-refractivity contribution in [1.29, 1.82) is 0 Å². The zero-order chi connectivity index (χ0) is 14.4. The predicted molar refractivity (Wildman–Crippen MR) is 84.4 cm³/mol. The van der Waals surface area contributed by atoms with Crippen LogP contribution in [0.25, 0.3) is 0 Å². The molecule has 0 N–H and O–H groups in total. The summed E-state index contributed by atoms with van der Waals surface area (Å²) in [6.07, 6.45) is 2.60. The summed E-state index contributed by atoms with van der Waals surface area (Å²) in [6, 6.07) is 10.3. The Morgan fingerprint density at radius 1 is 1.30 bits per heavy atom. The summed E-state index contributed by atoms with van der Waals surface area (Å²) in [5.74, 6) is 0.896. The van der Waals surface area contributed by atoms with Gasteiger partial charge in [0, 0.05) is 43.7 Å². The third-order valence-electron chi connectivity index (χ3n) is 3.93. The van der Waals surface area contributed by atoms with Crippen molar-refractivity contribution >= 4 is 23.2 Å². The summed E-state index contributed by atoms with van der Waals surface area (Å²) in [5, 5.41) is 0. The van der Waals surface area contributed by atoms with E-state index in [0.29, 0.717) is 18.3 Å². The zero-order valence-corrected chi connectivity index (χ0v) is 12.9. The first-order valence-electron chi connectivity index (χ1n) is 7.41. The normalized spacial score (nSPS) is 17.1. The predicted octanol–water partition coefficient (Wildman–Crippen LogP) is 3.13.